The topological polar surface area (TPSA) is 54.8 Å². The zero-order valence-electron chi connectivity index (χ0n) is 11.1. The van der Waals surface area contributed by atoms with Gasteiger partial charge in [-0.05, 0) is 81.2 Å². The number of rotatable bonds is 1. The Labute approximate surface area is 172 Å². The summed E-state index contributed by atoms with van der Waals surface area (Å²) in [5, 5.41) is 0.915. The molecule has 2 aromatic rings. The van der Waals surface area contributed by atoms with Gasteiger partial charge < -0.3 is 4.90 Å². The molecule has 0 aliphatic carbocycles. The minimum atomic E-state index is 0. The second kappa shape index (κ2) is 8.95. The Balaban J connectivity index is 0.000000235. The second-order valence-corrected chi connectivity index (χ2v) is 7.64. The van der Waals surface area contributed by atoms with Crippen LogP contribution < -0.4 is 4.90 Å². The molecule has 0 saturated carbocycles. The van der Waals surface area contributed by atoms with Gasteiger partial charge in [0.15, 0.2) is 0 Å². The van der Waals surface area contributed by atoms with Gasteiger partial charge in [-0.1, -0.05) is 11.6 Å². The lowest BCUT2D eigenvalue weighted by atomic mass is 10.4. The van der Waals surface area contributed by atoms with E-state index in [2.05, 4.69) is 47.4 Å². The third-order valence-electron chi connectivity index (χ3n) is 2.77. The van der Waals surface area contributed by atoms with Crippen LogP contribution in [-0.4, -0.2) is 33.0 Å². The Morgan fingerprint density at radius 1 is 0.909 bits per heavy atom. The molecule has 0 amide bonds. The molecule has 1 fully saturated rings. The highest BCUT2D eigenvalue weighted by Crippen LogP contribution is 2.24. The maximum absolute atomic E-state index is 5.74. The van der Waals surface area contributed by atoms with Gasteiger partial charge >= 0.3 is 0 Å². The van der Waals surface area contributed by atoms with E-state index in [0.717, 1.165) is 26.0 Å². The van der Waals surface area contributed by atoms with Crippen molar-refractivity contribution < 1.29 is 1.43 Å². The van der Waals surface area contributed by atoms with E-state index in [1.165, 1.54) is 12.8 Å². The number of anilines is 1. The van der Waals surface area contributed by atoms with Gasteiger partial charge in [0.05, 0.1) is 7.14 Å². The van der Waals surface area contributed by atoms with Crippen LogP contribution >= 0.6 is 80.0 Å². The normalized spacial score (nSPS) is 13.8. The molecule has 2 aromatic heterocycles. The quantitative estimate of drug-likeness (QED) is 0.269. The van der Waals surface area contributed by atoms with Crippen molar-refractivity contribution in [1.29, 1.82) is 0 Å². The summed E-state index contributed by atoms with van der Waals surface area (Å²) in [5.41, 5.74) is 0. The lowest BCUT2D eigenvalue weighted by molar-refractivity contribution is 0.920. The molecule has 1 aliphatic heterocycles. The molecular formula is C12H12Cl3I2N5. The molecule has 0 N–H and O–H groups in total. The van der Waals surface area contributed by atoms with E-state index in [1.807, 2.05) is 22.6 Å². The van der Waals surface area contributed by atoms with Crippen molar-refractivity contribution in [2.75, 3.05) is 18.0 Å². The summed E-state index contributed by atoms with van der Waals surface area (Å²) in [7, 11) is 0. The molecule has 3 heterocycles. The van der Waals surface area contributed by atoms with Crippen LogP contribution in [0.3, 0.4) is 0 Å². The second-order valence-electron chi connectivity index (χ2n) is 4.28. The summed E-state index contributed by atoms with van der Waals surface area (Å²) in [4.78, 5) is 17.8. The van der Waals surface area contributed by atoms with Gasteiger partial charge in [-0.3, -0.25) is 0 Å². The molecular weight excluding hydrogens is 574 g/mol. The summed E-state index contributed by atoms with van der Waals surface area (Å²) in [6, 6.07) is 0. The van der Waals surface area contributed by atoms with Crippen LogP contribution in [0.2, 0.25) is 15.7 Å². The van der Waals surface area contributed by atoms with E-state index in [9.17, 15) is 0 Å². The van der Waals surface area contributed by atoms with Gasteiger partial charge in [0.1, 0.15) is 11.0 Å². The van der Waals surface area contributed by atoms with Crippen LogP contribution in [-0.2, 0) is 0 Å². The van der Waals surface area contributed by atoms with Gasteiger partial charge in [0.25, 0.3) is 0 Å². The van der Waals surface area contributed by atoms with Crippen molar-refractivity contribution in [1.82, 2.24) is 19.9 Å². The largest absolute Gasteiger partial charge is 0.356 e. The first-order valence-corrected chi connectivity index (χ1v) is 9.53. The van der Waals surface area contributed by atoms with Gasteiger partial charge in [0, 0.05) is 26.9 Å². The molecule has 22 heavy (non-hydrogen) atoms. The average molecular weight is 586 g/mol. The number of halogens is 5. The van der Waals surface area contributed by atoms with Crippen LogP contribution in [0.25, 0.3) is 0 Å². The molecule has 0 aromatic carbocycles. The minimum Gasteiger partial charge on any atom is -0.356 e. The molecule has 10 heteroatoms. The third kappa shape index (κ3) is 5.43. The van der Waals surface area contributed by atoms with E-state index >= 15 is 0 Å². The summed E-state index contributed by atoms with van der Waals surface area (Å²) in [6.07, 6.45) is 5.83. The first kappa shape index (κ1) is 18.6. The molecule has 0 bridgehead atoms. The summed E-state index contributed by atoms with van der Waals surface area (Å²) in [5.74, 6) is 0.984. The van der Waals surface area contributed by atoms with Gasteiger partial charge in [-0.15, -0.1) is 0 Å². The number of nitrogens with zero attached hydrogens (tertiary/aromatic N) is 5. The molecule has 0 atom stereocenters. The third-order valence-corrected chi connectivity index (χ3v) is 5.30. The van der Waals surface area contributed by atoms with Gasteiger partial charge in [0.2, 0.25) is 10.6 Å². The fourth-order valence-electron chi connectivity index (χ4n) is 1.81. The van der Waals surface area contributed by atoms with Crippen molar-refractivity contribution in [3.05, 3.63) is 35.3 Å². The maximum atomic E-state index is 5.74. The Bertz CT molecular complexity index is 659. The van der Waals surface area contributed by atoms with Crippen LogP contribution in [0.1, 0.15) is 14.3 Å². The van der Waals surface area contributed by atoms with Gasteiger partial charge in [-0.2, -0.15) is 4.98 Å². The molecule has 3 rings (SSSR count). The van der Waals surface area contributed by atoms with Crippen molar-refractivity contribution in [3.63, 3.8) is 0 Å². The Morgan fingerprint density at radius 2 is 1.45 bits per heavy atom. The molecule has 5 nitrogen and oxygen atoms in total. The predicted molar refractivity (Wildman–Crippen MR) is 108 cm³/mol. The summed E-state index contributed by atoms with van der Waals surface area (Å²) in [6.45, 7) is 2.17. The van der Waals surface area contributed by atoms with Crippen molar-refractivity contribution >= 4 is 85.8 Å². The molecule has 0 radical (unpaired) electrons. The first-order valence-electron chi connectivity index (χ1n) is 6.24. The Hall–Kier alpha value is 0.290. The Morgan fingerprint density at radius 3 is 2.00 bits per heavy atom. The van der Waals surface area contributed by atoms with Crippen LogP contribution in [0, 0.1) is 7.14 Å². The van der Waals surface area contributed by atoms with Gasteiger partial charge in [-0.25, -0.2) is 15.0 Å². The maximum Gasteiger partial charge on any atom is 0.224 e. The summed E-state index contributed by atoms with van der Waals surface area (Å²) < 4.78 is 1.88. The van der Waals surface area contributed by atoms with E-state index < -0.39 is 0 Å². The SMILES string of the molecule is Clc1ncc(I)c(Cl)n1.Clc1ncc(I)c(N2CCCC2)n1.[HH]. The lowest BCUT2D eigenvalue weighted by Gasteiger charge is -2.17. The van der Waals surface area contributed by atoms with Crippen molar-refractivity contribution in [3.8, 4) is 0 Å². The van der Waals surface area contributed by atoms with Crippen LogP contribution in [0.5, 0.6) is 0 Å². The lowest BCUT2D eigenvalue weighted by Crippen LogP contribution is -2.20. The first-order chi connectivity index (χ1) is 10.5. The van der Waals surface area contributed by atoms with E-state index in [0.29, 0.717) is 10.4 Å². The van der Waals surface area contributed by atoms with Crippen LogP contribution in [0.4, 0.5) is 5.82 Å². The average Bonchev–Trinajstić information content (AvgIpc) is 3.01. The molecule has 0 unspecified atom stereocenters. The smallest absolute Gasteiger partial charge is 0.224 e. The highest BCUT2D eigenvalue weighted by molar-refractivity contribution is 14.1. The highest BCUT2D eigenvalue weighted by atomic mass is 127. The Kier molecular flexibility index (Phi) is 7.58. The van der Waals surface area contributed by atoms with E-state index in [-0.39, 0.29) is 6.71 Å². The van der Waals surface area contributed by atoms with E-state index in [4.69, 9.17) is 34.8 Å². The fraction of sp³-hybridized carbons (Fsp3) is 0.333. The van der Waals surface area contributed by atoms with Crippen LogP contribution in [0.15, 0.2) is 12.4 Å². The van der Waals surface area contributed by atoms with Crippen molar-refractivity contribution in [2.24, 2.45) is 0 Å². The fourth-order valence-corrected chi connectivity index (χ4v) is 3.11. The molecule has 1 aliphatic rings. The monoisotopic (exact) mass is 585 g/mol. The highest BCUT2D eigenvalue weighted by Gasteiger charge is 2.16. The molecule has 120 valence electrons. The number of aromatic nitrogens is 4. The number of hydrogen-bond donors (Lipinski definition) is 0. The molecule has 0 spiro atoms. The molecule has 1 saturated heterocycles. The zero-order chi connectivity index (χ0) is 16.1. The minimum absolute atomic E-state index is 0. The zero-order valence-corrected chi connectivity index (χ0v) is 17.7. The standard InChI is InChI=1S/C8H9ClIN3.C4HCl2IN2.H2/c9-8-11-5-6(10)7(12-8)13-3-1-2-4-13;5-3-2(7)1-8-4(6)9-3;/h5H,1-4H2;1H;1H. The summed E-state index contributed by atoms with van der Waals surface area (Å²) >= 11 is 21.0. The number of hydrogen-bond acceptors (Lipinski definition) is 5. The van der Waals surface area contributed by atoms with Crippen molar-refractivity contribution in [2.45, 2.75) is 12.8 Å². The van der Waals surface area contributed by atoms with E-state index in [1.54, 1.807) is 12.4 Å². The predicted octanol–water partition coefficient (Wildman–Crippen LogP) is 4.97.